The lowest BCUT2D eigenvalue weighted by molar-refractivity contribution is -0.120. The van der Waals surface area contributed by atoms with E-state index < -0.39 is 23.4 Å². The molecule has 168 valence electrons. The van der Waals surface area contributed by atoms with E-state index in [1.165, 1.54) is 6.07 Å². The zero-order valence-corrected chi connectivity index (χ0v) is 18.7. The second-order valence-corrected chi connectivity index (χ2v) is 8.09. The molecule has 3 aromatic carbocycles. The number of halogens is 2. The quantitative estimate of drug-likeness (QED) is 0.477. The first-order valence-electron chi connectivity index (χ1n) is 10.8. The third-order valence-electron chi connectivity index (χ3n) is 5.79. The highest BCUT2D eigenvalue weighted by molar-refractivity contribution is 6.45. The third kappa shape index (κ3) is 4.16. The molecule has 4 rings (SSSR count). The lowest BCUT2D eigenvalue weighted by Gasteiger charge is -2.25. The van der Waals surface area contributed by atoms with Gasteiger partial charge in [0.25, 0.3) is 11.8 Å². The Morgan fingerprint density at radius 2 is 1.58 bits per heavy atom. The van der Waals surface area contributed by atoms with Crippen molar-refractivity contribution in [3.63, 3.8) is 0 Å². The van der Waals surface area contributed by atoms with Crippen molar-refractivity contribution in [3.05, 3.63) is 106 Å². The smallest absolute Gasteiger partial charge is 0.282 e. The Hall–Kier alpha value is -3.80. The van der Waals surface area contributed by atoms with Crippen LogP contribution in [-0.2, 0) is 16.1 Å². The highest BCUT2D eigenvalue weighted by Crippen LogP contribution is 2.37. The number of hydrogen-bond acceptors (Lipinski definition) is 3. The van der Waals surface area contributed by atoms with Crippen LogP contribution >= 0.6 is 0 Å². The molecule has 0 fully saturated rings. The second kappa shape index (κ2) is 8.98. The summed E-state index contributed by atoms with van der Waals surface area (Å²) in [5, 5.41) is 0. The first-order chi connectivity index (χ1) is 15.8. The van der Waals surface area contributed by atoms with Crippen LogP contribution in [0.1, 0.15) is 29.2 Å². The lowest BCUT2D eigenvalue weighted by atomic mass is 9.97. The van der Waals surface area contributed by atoms with Gasteiger partial charge in [-0.05, 0) is 49.6 Å². The Bertz CT molecular complexity index is 1270. The molecule has 0 aromatic heterocycles. The molecule has 0 atom stereocenters. The Kier molecular flexibility index (Phi) is 6.09. The van der Waals surface area contributed by atoms with Gasteiger partial charge in [0.05, 0.1) is 11.3 Å². The summed E-state index contributed by atoms with van der Waals surface area (Å²) in [4.78, 5) is 30.1. The normalized spacial score (nSPS) is 13.8. The van der Waals surface area contributed by atoms with Crippen LogP contribution in [0.4, 0.5) is 14.5 Å². The fraction of sp³-hybridized carbons (Fsp3) is 0.185. The number of benzene rings is 3. The lowest BCUT2D eigenvalue weighted by Crippen LogP contribution is -2.35. The highest BCUT2D eigenvalue weighted by atomic mass is 19.2. The molecule has 0 bridgehead atoms. The zero-order valence-electron chi connectivity index (χ0n) is 18.7. The van der Waals surface area contributed by atoms with Gasteiger partial charge in [-0.2, -0.15) is 0 Å². The predicted octanol–water partition coefficient (Wildman–Crippen LogP) is 5.39. The molecule has 2 amide bonds. The van der Waals surface area contributed by atoms with Crippen molar-refractivity contribution in [1.29, 1.82) is 0 Å². The van der Waals surface area contributed by atoms with Gasteiger partial charge in [0.15, 0.2) is 11.6 Å². The summed E-state index contributed by atoms with van der Waals surface area (Å²) in [6.07, 6.45) is 0. The predicted molar refractivity (Wildman–Crippen MR) is 124 cm³/mol. The fourth-order valence-electron chi connectivity index (χ4n) is 4.16. The van der Waals surface area contributed by atoms with E-state index in [9.17, 15) is 18.4 Å². The SMILES string of the molecule is CCN(Cc1ccccc1)C1=C(c2ccc(C)cc2C)C(=O)N(c2ccc(F)c(F)c2)C1=O. The van der Waals surface area contributed by atoms with Crippen molar-refractivity contribution < 1.29 is 18.4 Å². The first-order valence-corrected chi connectivity index (χ1v) is 10.8. The second-order valence-electron chi connectivity index (χ2n) is 8.09. The number of aryl methyl sites for hydroxylation is 2. The largest absolute Gasteiger partial charge is 0.362 e. The minimum atomic E-state index is -1.12. The van der Waals surface area contributed by atoms with Crippen LogP contribution in [-0.4, -0.2) is 23.3 Å². The van der Waals surface area contributed by atoms with Gasteiger partial charge in [-0.25, -0.2) is 13.7 Å². The Balaban J connectivity index is 1.87. The van der Waals surface area contributed by atoms with Crippen molar-refractivity contribution in [1.82, 2.24) is 4.90 Å². The van der Waals surface area contributed by atoms with Gasteiger partial charge in [-0.15, -0.1) is 0 Å². The zero-order chi connectivity index (χ0) is 23.7. The van der Waals surface area contributed by atoms with Gasteiger partial charge in [0, 0.05) is 19.2 Å². The first kappa shape index (κ1) is 22.4. The van der Waals surface area contributed by atoms with Crippen molar-refractivity contribution in [2.24, 2.45) is 0 Å². The number of hydrogen-bond donors (Lipinski definition) is 0. The monoisotopic (exact) mass is 446 g/mol. The summed E-state index contributed by atoms with van der Waals surface area (Å²) < 4.78 is 27.5. The number of anilines is 1. The maximum atomic E-state index is 14.0. The number of carbonyl (C=O) groups excluding carboxylic acids is 2. The van der Waals surface area contributed by atoms with Gasteiger partial charge < -0.3 is 4.90 Å². The van der Waals surface area contributed by atoms with Gasteiger partial charge in [0.1, 0.15) is 5.70 Å². The minimum absolute atomic E-state index is 0.00284. The molecule has 1 heterocycles. The maximum absolute atomic E-state index is 14.0. The molecular formula is C27H24F2N2O2. The van der Waals surface area contributed by atoms with Crippen LogP contribution in [0.2, 0.25) is 0 Å². The molecule has 0 saturated carbocycles. The molecule has 1 aliphatic heterocycles. The molecule has 6 heteroatoms. The van der Waals surface area contributed by atoms with Crippen molar-refractivity contribution in [2.75, 3.05) is 11.4 Å². The van der Waals surface area contributed by atoms with E-state index in [0.717, 1.165) is 33.7 Å². The van der Waals surface area contributed by atoms with E-state index in [2.05, 4.69) is 0 Å². The Morgan fingerprint density at radius 3 is 2.21 bits per heavy atom. The van der Waals surface area contributed by atoms with E-state index in [0.29, 0.717) is 18.7 Å². The average molecular weight is 446 g/mol. The van der Waals surface area contributed by atoms with Gasteiger partial charge in [-0.1, -0.05) is 54.1 Å². The summed E-state index contributed by atoms with van der Waals surface area (Å²) in [6, 6.07) is 18.3. The standard InChI is InChI=1S/C27H24F2N2O2/c1-4-30(16-19-8-6-5-7-9-19)25-24(21-12-10-17(2)14-18(21)3)26(32)31(27(25)33)20-11-13-22(28)23(29)15-20/h5-15H,4,16H2,1-3H3. The van der Waals surface area contributed by atoms with Crippen molar-refractivity contribution >= 4 is 23.1 Å². The topological polar surface area (TPSA) is 40.6 Å². The molecule has 1 aliphatic rings. The number of carbonyl (C=O) groups is 2. The maximum Gasteiger partial charge on any atom is 0.282 e. The van der Waals surface area contributed by atoms with Crippen LogP contribution in [0.15, 0.2) is 72.4 Å². The van der Waals surface area contributed by atoms with E-state index in [-0.39, 0.29) is 17.0 Å². The highest BCUT2D eigenvalue weighted by Gasteiger charge is 2.42. The van der Waals surface area contributed by atoms with Crippen LogP contribution in [0.25, 0.3) is 5.57 Å². The number of nitrogens with zero attached hydrogens (tertiary/aromatic N) is 2. The summed E-state index contributed by atoms with van der Waals surface area (Å²) >= 11 is 0. The number of rotatable bonds is 6. The average Bonchev–Trinajstić information content (AvgIpc) is 3.05. The molecule has 0 radical (unpaired) electrons. The number of amides is 2. The molecule has 0 saturated heterocycles. The van der Waals surface area contributed by atoms with Crippen LogP contribution in [0, 0.1) is 25.5 Å². The van der Waals surface area contributed by atoms with E-state index in [1.54, 1.807) is 0 Å². The molecule has 3 aromatic rings. The summed E-state index contributed by atoms with van der Waals surface area (Å²) in [7, 11) is 0. The summed E-state index contributed by atoms with van der Waals surface area (Å²) in [6.45, 7) is 6.65. The molecule has 0 unspecified atom stereocenters. The summed E-state index contributed by atoms with van der Waals surface area (Å²) in [5.74, 6) is -3.27. The van der Waals surface area contributed by atoms with E-state index >= 15 is 0 Å². The molecule has 0 spiro atoms. The fourth-order valence-corrected chi connectivity index (χ4v) is 4.16. The third-order valence-corrected chi connectivity index (χ3v) is 5.79. The van der Waals surface area contributed by atoms with Crippen molar-refractivity contribution in [2.45, 2.75) is 27.3 Å². The molecule has 4 nitrogen and oxygen atoms in total. The number of imide groups is 1. The van der Waals surface area contributed by atoms with Gasteiger partial charge in [0.2, 0.25) is 0 Å². The van der Waals surface area contributed by atoms with E-state index in [4.69, 9.17) is 0 Å². The van der Waals surface area contributed by atoms with Gasteiger partial charge in [-0.3, -0.25) is 9.59 Å². The Labute approximate surface area is 191 Å². The van der Waals surface area contributed by atoms with Crippen LogP contribution in [0.3, 0.4) is 0 Å². The van der Waals surface area contributed by atoms with Crippen LogP contribution < -0.4 is 4.90 Å². The summed E-state index contributed by atoms with van der Waals surface area (Å²) in [5.41, 5.74) is 4.03. The van der Waals surface area contributed by atoms with Crippen LogP contribution in [0.5, 0.6) is 0 Å². The van der Waals surface area contributed by atoms with Gasteiger partial charge >= 0.3 is 0 Å². The molecule has 0 aliphatic carbocycles. The minimum Gasteiger partial charge on any atom is -0.362 e. The number of likely N-dealkylation sites (N-methyl/N-ethyl adjacent to an activating group) is 1. The van der Waals surface area contributed by atoms with Crippen molar-refractivity contribution in [3.8, 4) is 0 Å². The molecular weight excluding hydrogens is 422 g/mol. The molecule has 33 heavy (non-hydrogen) atoms. The molecule has 0 N–H and O–H groups in total. The Morgan fingerprint density at radius 1 is 0.848 bits per heavy atom. The van der Waals surface area contributed by atoms with E-state index in [1.807, 2.05) is 74.2 Å².